The molecular weight excluding hydrogens is 288 g/mol. The molecule has 2 heterocycles. The zero-order valence-corrected chi connectivity index (χ0v) is 13.0. The molecule has 1 saturated heterocycles. The molecule has 1 unspecified atom stereocenters. The first kappa shape index (κ1) is 14.2. The average molecular weight is 308 g/mol. The molecule has 4 nitrogen and oxygen atoms in total. The molecule has 2 aromatic rings. The highest BCUT2D eigenvalue weighted by Crippen LogP contribution is 2.55. The molecule has 1 N–H and O–H groups in total. The van der Waals surface area contributed by atoms with Crippen LogP contribution in [0.5, 0.6) is 0 Å². The number of H-pyrrole nitrogens is 1. The molecule has 1 aliphatic heterocycles. The third-order valence-corrected chi connectivity index (χ3v) is 5.49. The molecule has 23 heavy (non-hydrogen) atoms. The fourth-order valence-corrected chi connectivity index (χ4v) is 4.14. The van der Waals surface area contributed by atoms with E-state index >= 15 is 0 Å². The van der Waals surface area contributed by atoms with Crippen molar-refractivity contribution in [3.8, 4) is 0 Å². The Labute approximate surface area is 135 Å². The molecule has 4 heteroatoms. The van der Waals surface area contributed by atoms with E-state index in [2.05, 4.69) is 29.2 Å². The van der Waals surface area contributed by atoms with E-state index in [0.717, 1.165) is 13.1 Å². The van der Waals surface area contributed by atoms with Gasteiger partial charge in [0.05, 0.1) is 0 Å². The van der Waals surface area contributed by atoms with Gasteiger partial charge < -0.3 is 9.88 Å². The number of likely N-dealkylation sites (tertiary alicyclic amines) is 1. The van der Waals surface area contributed by atoms with Gasteiger partial charge in [0.1, 0.15) is 5.69 Å². The maximum absolute atomic E-state index is 12.8. The summed E-state index contributed by atoms with van der Waals surface area (Å²) < 4.78 is 0. The number of nitrogens with one attached hydrogen (secondary N) is 1. The lowest BCUT2D eigenvalue weighted by Gasteiger charge is -2.43. The summed E-state index contributed by atoms with van der Waals surface area (Å²) in [6.45, 7) is 1.53. The van der Waals surface area contributed by atoms with Crippen LogP contribution in [-0.4, -0.2) is 28.9 Å². The van der Waals surface area contributed by atoms with E-state index in [9.17, 15) is 9.59 Å². The van der Waals surface area contributed by atoms with Crippen molar-refractivity contribution in [1.82, 2.24) is 9.88 Å². The van der Waals surface area contributed by atoms with Crippen LogP contribution in [0.1, 0.15) is 41.2 Å². The van der Waals surface area contributed by atoms with Gasteiger partial charge in [0, 0.05) is 37.3 Å². The van der Waals surface area contributed by atoms with Gasteiger partial charge in [-0.1, -0.05) is 36.8 Å². The highest BCUT2D eigenvalue weighted by molar-refractivity contribution is 5.92. The Morgan fingerprint density at radius 2 is 1.96 bits per heavy atom. The number of hydrogen-bond donors (Lipinski definition) is 1. The van der Waals surface area contributed by atoms with Gasteiger partial charge in [0.2, 0.25) is 0 Å². The van der Waals surface area contributed by atoms with Crippen LogP contribution in [0.4, 0.5) is 0 Å². The third-order valence-electron chi connectivity index (χ3n) is 5.49. The number of amides is 1. The number of hydrogen-bond acceptors (Lipinski definition) is 2. The number of aromatic amines is 1. The number of carbonyl (C=O) groups is 1. The Kier molecular flexibility index (Phi) is 3.33. The minimum atomic E-state index is -0.135. The van der Waals surface area contributed by atoms with Crippen LogP contribution in [-0.2, 0) is 0 Å². The fourth-order valence-electron chi connectivity index (χ4n) is 4.14. The average Bonchev–Trinajstić information content (AvgIpc) is 2.96. The van der Waals surface area contributed by atoms with Crippen molar-refractivity contribution >= 4 is 5.91 Å². The van der Waals surface area contributed by atoms with E-state index < -0.39 is 0 Å². The van der Waals surface area contributed by atoms with E-state index in [1.807, 2.05) is 11.0 Å². The van der Waals surface area contributed by atoms with Crippen molar-refractivity contribution in [3.05, 3.63) is 70.1 Å². The maximum Gasteiger partial charge on any atom is 0.270 e. The van der Waals surface area contributed by atoms with Crippen LogP contribution in [0.3, 0.4) is 0 Å². The number of nitrogens with zero attached hydrogens (tertiary/aromatic N) is 1. The Morgan fingerprint density at radius 3 is 2.61 bits per heavy atom. The Balaban J connectivity index is 1.63. The lowest BCUT2D eigenvalue weighted by atomic mass is 9.61. The summed E-state index contributed by atoms with van der Waals surface area (Å²) in [7, 11) is 0. The van der Waals surface area contributed by atoms with Crippen LogP contribution < -0.4 is 5.43 Å². The van der Waals surface area contributed by atoms with E-state index in [4.69, 9.17) is 0 Å². The molecule has 2 aliphatic rings. The lowest BCUT2D eigenvalue weighted by Crippen LogP contribution is -2.38. The molecule has 1 atom stereocenters. The second-order valence-corrected chi connectivity index (χ2v) is 6.80. The first-order chi connectivity index (χ1) is 11.2. The monoisotopic (exact) mass is 308 g/mol. The molecule has 1 aromatic carbocycles. The Hall–Kier alpha value is -2.36. The number of aromatic nitrogens is 1. The van der Waals surface area contributed by atoms with Gasteiger partial charge in [-0.3, -0.25) is 9.59 Å². The summed E-state index contributed by atoms with van der Waals surface area (Å²) in [4.78, 5) is 29.1. The molecule has 0 bridgehead atoms. The molecule has 1 aromatic heterocycles. The van der Waals surface area contributed by atoms with Gasteiger partial charge in [-0.15, -0.1) is 0 Å². The first-order valence-corrected chi connectivity index (χ1v) is 8.21. The van der Waals surface area contributed by atoms with Crippen molar-refractivity contribution in [1.29, 1.82) is 0 Å². The standard InChI is InChI=1S/C19H20N2O2/c22-15-7-10-20-17(11-15)18(23)21-12-16(14-5-2-1-3-6-14)19(13-21)8-4-9-19/h1-3,5-7,10-11,16H,4,8-9,12-13H2,(H,20,22). The molecule has 118 valence electrons. The number of carbonyl (C=O) groups excluding carboxylic acids is 1. The van der Waals surface area contributed by atoms with Gasteiger partial charge >= 0.3 is 0 Å². The molecule has 2 fully saturated rings. The van der Waals surface area contributed by atoms with Crippen LogP contribution in [0.15, 0.2) is 53.5 Å². The largest absolute Gasteiger partial charge is 0.357 e. The lowest BCUT2D eigenvalue weighted by molar-refractivity contribution is 0.0720. The minimum Gasteiger partial charge on any atom is -0.357 e. The first-order valence-electron chi connectivity index (χ1n) is 8.21. The Morgan fingerprint density at radius 1 is 1.17 bits per heavy atom. The van der Waals surface area contributed by atoms with Gasteiger partial charge in [-0.2, -0.15) is 0 Å². The predicted molar refractivity (Wildman–Crippen MR) is 88.4 cm³/mol. The molecule has 1 saturated carbocycles. The van der Waals surface area contributed by atoms with Crippen LogP contribution in [0, 0.1) is 5.41 Å². The molecular formula is C19H20N2O2. The second-order valence-electron chi connectivity index (χ2n) is 6.80. The molecule has 1 aliphatic carbocycles. The summed E-state index contributed by atoms with van der Waals surface area (Å²) in [6.07, 6.45) is 5.15. The number of rotatable bonds is 2. The molecule has 1 spiro atoms. The molecule has 4 rings (SSSR count). The van der Waals surface area contributed by atoms with E-state index in [1.165, 1.54) is 37.0 Å². The van der Waals surface area contributed by atoms with Gasteiger partial charge in [0.15, 0.2) is 5.43 Å². The van der Waals surface area contributed by atoms with Gasteiger partial charge in [-0.25, -0.2) is 0 Å². The van der Waals surface area contributed by atoms with Gasteiger partial charge in [0.25, 0.3) is 5.91 Å². The molecule has 0 radical (unpaired) electrons. The number of pyridine rings is 1. The summed E-state index contributed by atoms with van der Waals surface area (Å²) >= 11 is 0. The van der Waals surface area contributed by atoms with Crippen LogP contribution in [0.2, 0.25) is 0 Å². The second kappa shape index (κ2) is 5.37. The fraction of sp³-hybridized carbons (Fsp3) is 0.368. The summed E-state index contributed by atoms with van der Waals surface area (Å²) in [5.74, 6) is 0.337. The summed E-state index contributed by atoms with van der Waals surface area (Å²) in [5.41, 5.74) is 1.81. The summed E-state index contributed by atoms with van der Waals surface area (Å²) in [6, 6.07) is 13.3. The van der Waals surface area contributed by atoms with Crippen molar-refractivity contribution in [2.24, 2.45) is 5.41 Å². The highest BCUT2D eigenvalue weighted by atomic mass is 16.2. The van der Waals surface area contributed by atoms with Gasteiger partial charge in [-0.05, 0) is 23.8 Å². The predicted octanol–water partition coefficient (Wildman–Crippen LogP) is 2.78. The topological polar surface area (TPSA) is 53.2 Å². The Bertz CT molecular complexity index is 777. The number of benzene rings is 1. The quantitative estimate of drug-likeness (QED) is 0.927. The normalized spacial score (nSPS) is 22.1. The van der Waals surface area contributed by atoms with Crippen molar-refractivity contribution in [2.45, 2.75) is 25.2 Å². The SMILES string of the molecule is O=C(c1cc(=O)cc[nH]1)N1CC(c2ccccc2)C2(CCC2)C1. The zero-order chi connectivity index (χ0) is 15.9. The van der Waals surface area contributed by atoms with Crippen LogP contribution >= 0.6 is 0 Å². The van der Waals surface area contributed by atoms with Crippen molar-refractivity contribution in [2.75, 3.05) is 13.1 Å². The van der Waals surface area contributed by atoms with Crippen molar-refractivity contribution < 1.29 is 4.79 Å². The van der Waals surface area contributed by atoms with Crippen LogP contribution in [0.25, 0.3) is 0 Å². The zero-order valence-electron chi connectivity index (χ0n) is 13.0. The summed E-state index contributed by atoms with van der Waals surface area (Å²) in [5, 5.41) is 0. The van der Waals surface area contributed by atoms with E-state index in [-0.39, 0.29) is 16.8 Å². The third kappa shape index (κ3) is 2.38. The van der Waals surface area contributed by atoms with E-state index in [0.29, 0.717) is 11.6 Å². The van der Waals surface area contributed by atoms with E-state index in [1.54, 1.807) is 6.20 Å². The smallest absolute Gasteiger partial charge is 0.270 e. The maximum atomic E-state index is 12.8. The molecule has 1 amide bonds. The minimum absolute atomic E-state index is 0.0626. The van der Waals surface area contributed by atoms with Crippen molar-refractivity contribution in [3.63, 3.8) is 0 Å². The highest BCUT2D eigenvalue weighted by Gasteiger charge is 2.51.